The largest absolute Gasteiger partial charge is 0.480 e. The molecule has 0 bridgehead atoms. The van der Waals surface area contributed by atoms with Crippen LogP contribution in [-0.2, 0) is 14.8 Å². The van der Waals surface area contributed by atoms with Crippen molar-refractivity contribution in [3.63, 3.8) is 0 Å². The van der Waals surface area contributed by atoms with Crippen molar-refractivity contribution in [2.45, 2.75) is 18.7 Å². The Kier molecular flexibility index (Phi) is 6.00. The molecule has 0 saturated heterocycles. The van der Waals surface area contributed by atoms with Gasteiger partial charge >= 0.3 is 5.97 Å². The lowest BCUT2D eigenvalue weighted by Gasteiger charge is -2.23. The predicted molar refractivity (Wildman–Crippen MR) is 125 cm³/mol. The molecule has 0 aliphatic carbocycles. The van der Waals surface area contributed by atoms with Crippen LogP contribution in [0, 0.1) is 13.8 Å². The Labute approximate surface area is 199 Å². The van der Waals surface area contributed by atoms with E-state index in [-0.39, 0.29) is 20.6 Å². The van der Waals surface area contributed by atoms with Gasteiger partial charge in [-0.2, -0.15) is 10.2 Å². The van der Waals surface area contributed by atoms with Gasteiger partial charge in [0, 0.05) is 15.4 Å². The summed E-state index contributed by atoms with van der Waals surface area (Å²) in [5.41, 5.74) is 2.17. The quantitative estimate of drug-likeness (QED) is 0.420. The number of nitrogens with zero attached hydrogens (tertiary/aromatic N) is 5. The molecule has 2 aromatic heterocycles. The van der Waals surface area contributed by atoms with E-state index in [1.165, 1.54) is 24.3 Å². The highest BCUT2D eigenvalue weighted by Crippen LogP contribution is 2.31. The minimum atomic E-state index is -4.29. The van der Waals surface area contributed by atoms with Crippen molar-refractivity contribution < 1.29 is 18.3 Å². The highest BCUT2D eigenvalue weighted by atomic mass is 35.5. The Morgan fingerprint density at radius 3 is 2.33 bits per heavy atom. The number of aromatic nitrogens is 4. The van der Waals surface area contributed by atoms with Gasteiger partial charge in [0.1, 0.15) is 6.54 Å². The molecule has 1 N–H and O–H groups in total. The number of hydrogen-bond donors (Lipinski definition) is 1. The lowest BCUT2D eigenvalue weighted by Crippen LogP contribution is -2.35. The second-order valence-corrected chi connectivity index (χ2v) is 9.98. The summed E-state index contributed by atoms with van der Waals surface area (Å²) in [4.78, 5) is 11.3. The summed E-state index contributed by atoms with van der Waals surface area (Å²) in [7, 11) is -4.29. The molecule has 0 amide bonds. The van der Waals surface area contributed by atoms with Crippen molar-refractivity contribution >= 4 is 55.8 Å². The molecule has 0 fully saturated rings. The summed E-state index contributed by atoms with van der Waals surface area (Å²) in [6.07, 6.45) is 0. The van der Waals surface area contributed by atoms with Crippen LogP contribution in [0.2, 0.25) is 10.0 Å². The molecule has 0 aliphatic rings. The maximum absolute atomic E-state index is 13.4. The molecule has 0 atom stereocenters. The van der Waals surface area contributed by atoms with Crippen LogP contribution in [0.4, 0.5) is 5.69 Å². The van der Waals surface area contributed by atoms with E-state index < -0.39 is 22.5 Å². The highest BCUT2D eigenvalue weighted by Gasteiger charge is 2.28. The van der Waals surface area contributed by atoms with Gasteiger partial charge in [-0.3, -0.25) is 9.10 Å². The molecule has 12 heteroatoms. The second-order valence-electron chi connectivity index (χ2n) is 7.24. The number of carbonyl (C=O) groups is 1. The van der Waals surface area contributed by atoms with E-state index in [9.17, 15) is 18.3 Å². The Hall–Kier alpha value is -3.21. The first-order valence-electron chi connectivity index (χ1n) is 9.57. The number of carboxylic acid groups (broad SMARTS) is 1. The number of halogens is 2. The summed E-state index contributed by atoms with van der Waals surface area (Å²) in [6, 6.07) is 12.1. The molecule has 33 heavy (non-hydrogen) atoms. The van der Waals surface area contributed by atoms with Gasteiger partial charge in [0.15, 0.2) is 5.82 Å². The molecule has 2 heterocycles. The van der Waals surface area contributed by atoms with Crippen molar-refractivity contribution in [3.8, 4) is 5.82 Å². The Balaban J connectivity index is 1.85. The molecule has 0 saturated carbocycles. The lowest BCUT2D eigenvalue weighted by atomic mass is 10.2. The minimum absolute atomic E-state index is 0.114. The van der Waals surface area contributed by atoms with Crippen LogP contribution in [0.3, 0.4) is 0 Å². The van der Waals surface area contributed by atoms with E-state index >= 15 is 0 Å². The third kappa shape index (κ3) is 4.50. The van der Waals surface area contributed by atoms with Crippen LogP contribution in [-0.4, -0.2) is 46.0 Å². The molecular formula is C21H17Cl2N5O4S. The van der Waals surface area contributed by atoms with Gasteiger partial charge in [-0.15, -0.1) is 5.10 Å². The zero-order valence-electron chi connectivity index (χ0n) is 17.4. The monoisotopic (exact) mass is 505 g/mol. The van der Waals surface area contributed by atoms with Crippen molar-refractivity contribution in [3.05, 3.63) is 70.0 Å². The van der Waals surface area contributed by atoms with Crippen LogP contribution < -0.4 is 4.31 Å². The number of fused-ring (bicyclic) bond motifs is 1. The van der Waals surface area contributed by atoms with E-state index in [0.717, 1.165) is 10.00 Å². The zero-order chi connectivity index (χ0) is 23.9. The van der Waals surface area contributed by atoms with Gasteiger partial charge in [-0.05, 0) is 62.4 Å². The number of sulfonamides is 1. The van der Waals surface area contributed by atoms with E-state index in [4.69, 9.17) is 23.2 Å². The summed E-state index contributed by atoms with van der Waals surface area (Å²) in [6.45, 7) is 2.78. The predicted octanol–water partition coefficient (Wildman–Crippen LogP) is 4.02. The lowest BCUT2D eigenvalue weighted by molar-refractivity contribution is -0.135. The molecule has 0 aliphatic heterocycles. The van der Waals surface area contributed by atoms with Crippen molar-refractivity contribution in [2.75, 3.05) is 10.8 Å². The maximum atomic E-state index is 13.4. The number of aryl methyl sites for hydroxylation is 2. The maximum Gasteiger partial charge on any atom is 0.324 e. The van der Waals surface area contributed by atoms with Crippen molar-refractivity contribution in [1.82, 2.24) is 20.0 Å². The average molecular weight is 506 g/mol. The Morgan fingerprint density at radius 1 is 1.03 bits per heavy atom. The standard InChI is InChI=1S/C21H17Cl2N5O4S/c1-12-3-6-20(25-24-12)28-19-5-4-16(10-18(19)13(2)26-28)27(11-21(29)30)33(31,32)17-8-14(22)7-15(23)9-17/h3-10H,11H2,1-2H3,(H,29,30). The normalized spacial score (nSPS) is 11.6. The number of anilines is 1. The number of hydrogen-bond acceptors (Lipinski definition) is 6. The van der Waals surface area contributed by atoms with Crippen molar-refractivity contribution in [1.29, 1.82) is 0 Å². The fourth-order valence-electron chi connectivity index (χ4n) is 3.33. The summed E-state index contributed by atoms with van der Waals surface area (Å²) in [5, 5.41) is 23.0. The fraction of sp³-hybridized carbons (Fsp3) is 0.143. The molecule has 170 valence electrons. The molecule has 0 radical (unpaired) electrons. The third-order valence-corrected chi connectivity index (χ3v) is 7.03. The van der Waals surface area contributed by atoms with E-state index in [1.54, 1.807) is 35.9 Å². The van der Waals surface area contributed by atoms with Crippen LogP contribution >= 0.6 is 23.2 Å². The van der Waals surface area contributed by atoms with Crippen LogP contribution in [0.5, 0.6) is 0 Å². The van der Waals surface area contributed by atoms with Gasteiger partial charge in [0.25, 0.3) is 10.0 Å². The van der Waals surface area contributed by atoms with E-state index in [1.807, 2.05) is 6.92 Å². The SMILES string of the molecule is Cc1ccc(-n2nc(C)c3cc(N(CC(=O)O)S(=O)(=O)c4cc(Cl)cc(Cl)c4)ccc32)nn1. The Morgan fingerprint density at radius 2 is 1.73 bits per heavy atom. The first-order chi connectivity index (χ1) is 15.6. The highest BCUT2D eigenvalue weighted by molar-refractivity contribution is 7.92. The summed E-state index contributed by atoms with van der Waals surface area (Å²) in [5.74, 6) is -0.829. The van der Waals surface area contributed by atoms with Crippen LogP contribution in [0.1, 0.15) is 11.4 Å². The zero-order valence-corrected chi connectivity index (χ0v) is 19.7. The Bertz CT molecular complexity index is 1470. The molecule has 0 spiro atoms. The first-order valence-corrected chi connectivity index (χ1v) is 11.8. The smallest absolute Gasteiger partial charge is 0.324 e. The number of benzene rings is 2. The van der Waals surface area contributed by atoms with E-state index in [2.05, 4.69) is 15.3 Å². The summed E-state index contributed by atoms with van der Waals surface area (Å²) < 4.78 is 29.1. The van der Waals surface area contributed by atoms with Crippen molar-refractivity contribution in [2.24, 2.45) is 0 Å². The van der Waals surface area contributed by atoms with Gasteiger partial charge in [-0.25, -0.2) is 13.1 Å². The first kappa shape index (κ1) is 23.0. The number of carboxylic acids is 1. The van der Waals surface area contributed by atoms with Gasteiger partial charge in [0.05, 0.1) is 27.5 Å². The van der Waals surface area contributed by atoms with E-state index in [0.29, 0.717) is 22.4 Å². The molecular weight excluding hydrogens is 489 g/mol. The molecule has 4 aromatic rings. The molecule has 4 rings (SSSR count). The van der Waals surface area contributed by atoms with Gasteiger partial charge < -0.3 is 5.11 Å². The second kappa shape index (κ2) is 8.62. The van der Waals surface area contributed by atoms with Crippen LogP contribution in [0.15, 0.2) is 53.4 Å². The molecule has 9 nitrogen and oxygen atoms in total. The van der Waals surface area contributed by atoms with Gasteiger partial charge in [-0.1, -0.05) is 23.2 Å². The average Bonchev–Trinajstić information content (AvgIpc) is 3.07. The summed E-state index contributed by atoms with van der Waals surface area (Å²) >= 11 is 12.0. The fourth-order valence-corrected chi connectivity index (χ4v) is 5.47. The van der Waals surface area contributed by atoms with Crippen LogP contribution in [0.25, 0.3) is 16.7 Å². The molecule has 0 unspecified atom stereocenters. The topological polar surface area (TPSA) is 118 Å². The number of rotatable bonds is 6. The molecule has 2 aromatic carbocycles. The van der Waals surface area contributed by atoms with Gasteiger partial charge in [0.2, 0.25) is 0 Å². The minimum Gasteiger partial charge on any atom is -0.480 e. The number of aliphatic carboxylic acids is 1. The third-order valence-electron chi connectivity index (χ3n) is 4.84.